The Labute approximate surface area is 143 Å². The van der Waals surface area contributed by atoms with Gasteiger partial charge < -0.3 is 14.4 Å². The van der Waals surface area contributed by atoms with Crippen LogP contribution in [0, 0.1) is 11.6 Å². The summed E-state index contributed by atoms with van der Waals surface area (Å²) in [5.74, 6) is -3.12. The van der Waals surface area contributed by atoms with Gasteiger partial charge in [-0.25, -0.2) is 18.6 Å². The molecule has 0 amide bonds. The lowest BCUT2D eigenvalue weighted by atomic mass is 10.0. The number of ether oxygens (including phenoxy) is 1. The molecule has 1 unspecified atom stereocenters. The molecule has 0 radical (unpaired) electrons. The third-order valence-corrected chi connectivity index (χ3v) is 3.97. The number of nitrogens with zero attached hydrogens (tertiary/aromatic N) is 2. The Kier molecular flexibility index (Phi) is 5.95. The summed E-state index contributed by atoms with van der Waals surface area (Å²) in [7, 11) is 1.43. The summed E-state index contributed by atoms with van der Waals surface area (Å²) in [5.41, 5.74) is 0.624. The first-order valence-electron chi connectivity index (χ1n) is 7.37. The van der Waals surface area contributed by atoms with E-state index in [0.717, 1.165) is 12.1 Å². The van der Waals surface area contributed by atoms with Crippen LogP contribution in [0.15, 0.2) is 23.4 Å². The maximum Gasteiger partial charge on any atom is 0.354 e. The molecule has 1 atom stereocenters. The summed E-state index contributed by atoms with van der Waals surface area (Å²) in [5, 5.41) is 9.75. The minimum absolute atomic E-state index is 0.0127. The van der Waals surface area contributed by atoms with E-state index in [4.69, 9.17) is 4.74 Å². The number of thiol groups is 1. The summed E-state index contributed by atoms with van der Waals surface area (Å²) in [6, 6.07) is 3.01. The van der Waals surface area contributed by atoms with E-state index in [2.05, 4.69) is 17.6 Å². The Morgan fingerprint density at radius 1 is 1.42 bits per heavy atom. The van der Waals surface area contributed by atoms with Crippen LogP contribution in [0.2, 0.25) is 0 Å². The quantitative estimate of drug-likeness (QED) is 0.743. The standard InChI is InChI=1S/C16H18F2N2O3S/c1-3-4-13(9-5-6-10(17)11(18)7-9)20-14(15(21)22)12(8-23-2)19-16(20)24/h5-7,13H,3-4,8H2,1-2H3,(H,19,24)(H,21,22). The fourth-order valence-corrected chi connectivity index (χ4v) is 3.02. The summed E-state index contributed by atoms with van der Waals surface area (Å²) < 4.78 is 33.3. The van der Waals surface area contributed by atoms with E-state index in [1.54, 1.807) is 0 Å². The maximum atomic E-state index is 13.6. The Balaban J connectivity index is 2.62. The van der Waals surface area contributed by atoms with Gasteiger partial charge in [-0.3, -0.25) is 0 Å². The molecule has 1 N–H and O–H groups in total. The molecule has 1 heterocycles. The Morgan fingerprint density at radius 3 is 2.67 bits per heavy atom. The number of carboxylic acids is 1. The highest BCUT2D eigenvalue weighted by atomic mass is 32.1. The van der Waals surface area contributed by atoms with Gasteiger partial charge in [-0.2, -0.15) is 0 Å². The lowest BCUT2D eigenvalue weighted by molar-refractivity contribution is 0.0676. The van der Waals surface area contributed by atoms with Gasteiger partial charge >= 0.3 is 5.97 Å². The van der Waals surface area contributed by atoms with Gasteiger partial charge in [-0.05, 0) is 24.1 Å². The molecule has 0 spiro atoms. The topological polar surface area (TPSA) is 64.4 Å². The highest BCUT2D eigenvalue weighted by Gasteiger charge is 2.27. The normalized spacial score (nSPS) is 12.4. The third-order valence-electron chi connectivity index (χ3n) is 3.65. The van der Waals surface area contributed by atoms with Crippen molar-refractivity contribution >= 4 is 18.6 Å². The van der Waals surface area contributed by atoms with Crippen LogP contribution >= 0.6 is 12.6 Å². The van der Waals surface area contributed by atoms with Crippen molar-refractivity contribution in [3.63, 3.8) is 0 Å². The van der Waals surface area contributed by atoms with Crippen molar-refractivity contribution in [3.8, 4) is 0 Å². The molecule has 0 aliphatic carbocycles. The van der Waals surface area contributed by atoms with Gasteiger partial charge in [0.1, 0.15) is 5.69 Å². The second-order valence-corrected chi connectivity index (χ2v) is 5.69. The highest BCUT2D eigenvalue weighted by Crippen LogP contribution is 2.31. The smallest absolute Gasteiger partial charge is 0.354 e. The second kappa shape index (κ2) is 7.76. The van der Waals surface area contributed by atoms with Crippen molar-refractivity contribution in [1.29, 1.82) is 0 Å². The number of carbonyl (C=O) groups is 1. The molecule has 0 saturated carbocycles. The SMILES string of the molecule is CCCC(c1ccc(F)c(F)c1)n1c(S)nc(COC)c1C(=O)O. The second-order valence-electron chi connectivity index (χ2n) is 5.29. The number of hydrogen-bond donors (Lipinski definition) is 2. The Bertz CT molecular complexity index is 749. The largest absolute Gasteiger partial charge is 0.477 e. The summed E-state index contributed by atoms with van der Waals surface area (Å²) in [4.78, 5) is 15.9. The molecule has 1 aromatic heterocycles. The molecule has 0 aliphatic rings. The third kappa shape index (κ3) is 3.59. The van der Waals surface area contributed by atoms with E-state index in [0.29, 0.717) is 18.4 Å². The molecule has 2 rings (SSSR count). The van der Waals surface area contributed by atoms with E-state index in [9.17, 15) is 18.7 Å². The van der Waals surface area contributed by atoms with Crippen molar-refractivity contribution in [1.82, 2.24) is 9.55 Å². The fraction of sp³-hybridized carbons (Fsp3) is 0.375. The summed E-state index contributed by atoms with van der Waals surface area (Å²) in [6.45, 7) is 1.93. The van der Waals surface area contributed by atoms with Crippen LogP contribution in [0.5, 0.6) is 0 Å². The average Bonchev–Trinajstić information content (AvgIpc) is 2.84. The molecular formula is C16H18F2N2O3S. The molecule has 0 aliphatic heterocycles. The molecule has 24 heavy (non-hydrogen) atoms. The van der Waals surface area contributed by atoms with Crippen molar-refractivity contribution in [3.05, 3.63) is 46.8 Å². The van der Waals surface area contributed by atoms with Crippen molar-refractivity contribution in [2.75, 3.05) is 7.11 Å². The number of hydrogen-bond acceptors (Lipinski definition) is 4. The lowest BCUT2D eigenvalue weighted by Gasteiger charge is -2.21. The molecular weight excluding hydrogens is 338 g/mol. The fourth-order valence-electron chi connectivity index (χ4n) is 2.66. The molecule has 0 fully saturated rings. The number of halogens is 2. The average molecular weight is 356 g/mol. The first-order chi connectivity index (χ1) is 11.4. The minimum atomic E-state index is -1.18. The molecule has 2 aromatic rings. The maximum absolute atomic E-state index is 13.6. The van der Waals surface area contributed by atoms with Gasteiger partial charge in [-0.1, -0.05) is 19.4 Å². The predicted octanol–water partition coefficient (Wildman–Crippen LogP) is 3.68. The molecule has 0 bridgehead atoms. The number of benzene rings is 1. The van der Waals surface area contributed by atoms with Crippen LogP contribution in [0.1, 0.15) is 47.6 Å². The van der Waals surface area contributed by atoms with Gasteiger partial charge in [0.25, 0.3) is 0 Å². The Hall–Kier alpha value is -1.93. The number of methoxy groups -OCH3 is 1. The van der Waals surface area contributed by atoms with Gasteiger partial charge in [0.2, 0.25) is 0 Å². The monoisotopic (exact) mass is 356 g/mol. The van der Waals surface area contributed by atoms with Crippen LogP contribution in [0.25, 0.3) is 0 Å². The zero-order valence-electron chi connectivity index (χ0n) is 13.3. The molecule has 5 nitrogen and oxygen atoms in total. The van der Waals surface area contributed by atoms with Crippen molar-refractivity contribution in [2.24, 2.45) is 0 Å². The van der Waals surface area contributed by atoms with Crippen LogP contribution in [-0.4, -0.2) is 27.7 Å². The van der Waals surface area contributed by atoms with Crippen LogP contribution < -0.4 is 0 Å². The van der Waals surface area contributed by atoms with Crippen LogP contribution in [0.4, 0.5) is 8.78 Å². The molecule has 8 heteroatoms. The van der Waals surface area contributed by atoms with E-state index < -0.39 is 23.6 Å². The van der Waals surface area contributed by atoms with Gasteiger partial charge in [0.15, 0.2) is 22.5 Å². The number of carboxylic acid groups (broad SMARTS) is 1. The van der Waals surface area contributed by atoms with E-state index in [1.165, 1.54) is 17.7 Å². The predicted molar refractivity (Wildman–Crippen MR) is 86.6 cm³/mol. The Morgan fingerprint density at radius 2 is 2.12 bits per heavy atom. The lowest BCUT2D eigenvalue weighted by Crippen LogP contribution is -2.18. The zero-order chi connectivity index (χ0) is 17.9. The van der Waals surface area contributed by atoms with Crippen molar-refractivity contribution < 1.29 is 23.4 Å². The number of rotatable bonds is 7. The van der Waals surface area contributed by atoms with Crippen molar-refractivity contribution in [2.45, 2.75) is 37.6 Å². The molecule has 1 aromatic carbocycles. The highest BCUT2D eigenvalue weighted by molar-refractivity contribution is 7.80. The summed E-state index contributed by atoms with van der Waals surface area (Å²) in [6.07, 6.45) is 1.22. The number of aromatic carboxylic acids is 1. The van der Waals surface area contributed by atoms with E-state index >= 15 is 0 Å². The summed E-state index contributed by atoms with van der Waals surface area (Å²) >= 11 is 4.27. The first kappa shape index (κ1) is 18.4. The first-order valence-corrected chi connectivity index (χ1v) is 7.82. The van der Waals surface area contributed by atoms with Gasteiger partial charge in [-0.15, -0.1) is 12.6 Å². The number of aromatic nitrogens is 2. The van der Waals surface area contributed by atoms with E-state index in [-0.39, 0.29) is 23.2 Å². The molecule has 0 saturated heterocycles. The van der Waals surface area contributed by atoms with Crippen LogP contribution in [-0.2, 0) is 11.3 Å². The zero-order valence-corrected chi connectivity index (χ0v) is 14.2. The van der Waals surface area contributed by atoms with Crippen LogP contribution in [0.3, 0.4) is 0 Å². The minimum Gasteiger partial charge on any atom is -0.477 e. The number of imidazole rings is 1. The van der Waals surface area contributed by atoms with Gasteiger partial charge in [0.05, 0.1) is 12.6 Å². The molecule has 130 valence electrons. The van der Waals surface area contributed by atoms with E-state index in [1.807, 2.05) is 6.92 Å². The van der Waals surface area contributed by atoms with Gasteiger partial charge in [0, 0.05) is 7.11 Å².